The summed E-state index contributed by atoms with van der Waals surface area (Å²) >= 11 is 1.56. The second kappa shape index (κ2) is 6.94. The van der Waals surface area contributed by atoms with Gasteiger partial charge in [0.15, 0.2) is 0 Å². The Bertz CT molecular complexity index is 864. The van der Waals surface area contributed by atoms with Crippen LogP contribution in [-0.4, -0.2) is 22.7 Å². The summed E-state index contributed by atoms with van der Waals surface area (Å²) in [6, 6.07) is 10.6. The van der Waals surface area contributed by atoms with Gasteiger partial charge in [-0.05, 0) is 42.8 Å². The van der Waals surface area contributed by atoms with Gasteiger partial charge in [-0.3, -0.25) is 0 Å². The Kier molecular flexibility index (Phi) is 4.73. The lowest BCUT2D eigenvalue weighted by atomic mass is 10.1. The molecular formula is C17H16FN3O2S. The number of amides is 2. The number of fused-ring (bicyclic) bond motifs is 1. The summed E-state index contributed by atoms with van der Waals surface area (Å²) in [5, 5.41) is 16.3. The first-order valence-electron chi connectivity index (χ1n) is 7.37. The Morgan fingerprint density at radius 2 is 2.04 bits per heavy atom. The first kappa shape index (κ1) is 16.4. The fourth-order valence-corrected chi connectivity index (χ4v) is 3.15. The number of benzene rings is 2. The standard InChI is InChI=1S/C17H16FN3O2S/c1-10-20-14-7-6-13(8-16(14)24-10)21-17(23)19-9-15(22)11-2-4-12(18)5-3-11/h2-8,15,22H,9H2,1H3,(H2,19,21,23). The van der Waals surface area contributed by atoms with Crippen molar-refractivity contribution in [2.75, 3.05) is 11.9 Å². The number of aryl methyl sites for hydroxylation is 1. The summed E-state index contributed by atoms with van der Waals surface area (Å²) in [5.74, 6) is -0.370. The van der Waals surface area contributed by atoms with E-state index in [1.807, 2.05) is 19.1 Å². The zero-order valence-corrected chi connectivity index (χ0v) is 13.7. The Labute approximate surface area is 142 Å². The lowest BCUT2D eigenvalue weighted by molar-refractivity contribution is 0.175. The lowest BCUT2D eigenvalue weighted by Crippen LogP contribution is -2.32. The number of carbonyl (C=O) groups excluding carboxylic acids is 1. The smallest absolute Gasteiger partial charge is 0.319 e. The molecule has 0 aliphatic rings. The number of aliphatic hydroxyl groups excluding tert-OH is 1. The second-order valence-electron chi connectivity index (χ2n) is 5.32. The number of aromatic nitrogens is 1. The van der Waals surface area contributed by atoms with Crippen LogP contribution in [0.4, 0.5) is 14.9 Å². The van der Waals surface area contributed by atoms with E-state index in [0.717, 1.165) is 15.2 Å². The Hall–Kier alpha value is -2.51. The van der Waals surface area contributed by atoms with Gasteiger partial charge in [0.1, 0.15) is 5.82 Å². The fourth-order valence-electron chi connectivity index (χ4n) is 2.29. The van der Waals surface area contributed by atoms with Crippen LogP contribution in [0.5, 0.6) is 0 Å². The van der Waals surface area contributed by atoms with Crippen molar-refractivity contribution in [1.82, 2.24) is 10.3 Å². The molecule has 0 radical (unpaired) electrons. The first-order chi connectivity index (χ1) is 11.5. The molecule has 2 amide bonds. The lowest BCUT2D eigenvalue weighted by Gasteiger charge is -2.13. The molecule has 0 fully saturated rings. The van der Waals surface area contributed by atoms with Gasteiger partial charge in [-0.25, -0.2) is 14.2 Å². The maximum absolute atomic E-state index is 12.9. The fraction of sp³-hybridized carbons (Fsp3) is 0.176. The molecule has 3 N–H and O–H groups in total. The average Bonchev–Trinajstić information content (AvgIpc) is 2.92. The van der Waals surface area contributed by atoms with E-state index in [0.29, 0.717) is 11.3 Å². The molecule has 3 rings (SSSR count). The van der Waals surface area contributed by atoms with E-state index in [4.69, 9.17) is 0 Å². The van der Waals surface area contributed by atoms with E-state index < -0.39 is 12.1 Å². The van der Waals surface area contributed by atoms with Crippen molar-refractivity contribution in [2.24, 2.45) is 0 Å². The third kappa shape index (κ3) is 3.87. The molecule has 1 heterocycles. The van der Waals surface area contributed by atoms with Gasteiger partial charge in [-0.1, -0.05) is 12.1 Å². The van der Waals surface area contributed by atoms with Gasteiger partial charge in [-0.15, -0.1) is 11.3 Å². The van der Waals surface area contributed by atoms with Crippen molar-refractivity contribution < 1.29 is 14.3 Å². The van der Waals surface area contributed by atoms with E-state index in [9.17, 15) is 14.3 Å². The van der Waals surface area contributed by atoms with Crippen LogP contribution in [0.1, 0.15) is 16.7 Å². The number of aliphatic hydroxyl groups is 1. The minimum absolute atomic E-state index is 0.0272. The van der Waals surface area contributed by atoms with Crippen molar-refractivity contribution in [3.05, 3.63) is 58.9 Å². The Morgan fingerprint density at radius 3 is 2.79 bits per heavy atom. The molecule has 0 aliphatic heterocycles. The zero-order valence-electron chi connectivity index (χ0n) is 12.9. The number of anilines is 1. The van der Waals surface area contributed by atoms with E-state index in [1.54, 1.807) is 17.4 Å². The number of nitrogens with zero attached hydrogens (tertiary/aromatic N) is 1. The van der Waals surface area contributed by atoms with Crippen LogP contribution in [-0.2, 0) is 0 Å². The van der Waals surface area contributed by atoms with Crippen molar-refractivity contribution in [1.29, 1.82) is 0 Å². The van der Waals surface area contributed by atoms with E-state index in [1.165, 1.54) is 24.3 Å². The van der Waals surface area contributed by atoms with E-state index in [-0.39, 0.29) is 12.4 Å². The highest BCUT2D eigenvalue weighted by molar-refractivity contribution is 7.18. The highest BCUT2D eigenvalue weighted by atomic mass is 32.1. The van der Waals surface area contributed by atoms with Crippen LogP contribution in [0.3, 0.4) is 0 Å². The first-order valence-corrected chi connectivity index (χ1v) is 8.18. The Balaban J connectivity index is 1.57. The number of rotatable bonds is 4. The zero-order chi connectivity index (χ0) is 17.1. The number of thiazole rings is 1. The Morgan fingerprint density at radius 1 is 1.29 bits per heavy atom. The maximum Gasteiger partial charge on any atom is 0.319 e. The molecule has 1 aromatic heterocycles. The van der Waals surface area contributed by atoms with Crippen molar-refractivity contribution in [2.45, 2.75) is 13.0 Å². The third-order valence-corrected chi connectivity index (χ3v) is 4.40. The van der Waals surface area contributed by atoms with Crippen LogP contribution < -0.4 is 10.6 Å². The topological polar surface area (TPSA) is 74.2 Å². The van der Waals surface area contributed by atoms with Crippen LogP contribution in [0.15, 0.2) is 42.5 Å². The van der Waals surface area contributed by atoms with Crippen molar-refractivity contribution >= 4 is 33.3 Å². The van der Waals surface area contributed by atoms with Gasteiger partial charge >= 0.3 is 6.03 Å². The predicted molar refractivity (Wildman–Crippen MR) is 92.7 cm³/mol. The van der Waals surface area contributed by atoms with E-state index in [2.05, 4.69) is 15.6 Å². The van der Waals surface area contributed by atoms with Crippen LogP contribution in [0, 0.1) is 12.7 Å². The minimum Gasteiger partial charge on any atom is -0.387 e. The molecule has 1 unspecified atom stereocenters. The summed E-state index contributed by atoms with van der Waals surface area (Å²) in [6.45, 7) is 1.96. The van der Waals surface area contributed by atoms with Crippen LogP contribution in [0.2, 0.25) is 0 Å². The maximum atomic E-state index is 12.9. The number of carbonyl (C=O) groups is 1. The van der Waals surface area contributed by atoms with Gasteiger partial charge in [0, 0.05) is 12.2 Å². The molecule has 0 bridgehead atoms. The largest absolute Gasteiger partial charge is 0.387 e. The molecule has 1 atom stereocenters. The second-order valence-corrected chi connectivity index (χ2v) is 6.55. The molecule has 0 saturated carbocycles. The van der Waals surface area contributed by atoms with Gasteiger partial charge in [0.05, 0.1) is 21.3 Å². The van der Waals surface area contributed by atoms with Gasteiger partial charge < -0.3 is 15.7 Å². The molecule has 0 aliphatic carbocycles. The summed E-state index contributed by atoms with van der Waals surface area (Å²) in [5.41, 5.74) is 2.09. The summed E-state index contributed by atoms with van der Waals surface area (Å²) in [4.78, 5) is 16.3. The van der Waals surface area contributed by atoms with Crippen LogP contribution >= 0.6 is 11.3 Å². The number of hydrogen-bond acceptors (Lipinski definition) is 4. The minimum atomic E-state index is -0.900. The predicted octanol–water partition coefficient (Wildman–Crippen LogP) is 3.60. The average molecular weight is 345 g/mol. The quantitative estimate of drug-likeness (QED) is 0.676. The number of halogens is 1. The number of urea groups is 1. The number of nitrogens with one attached hydrogen (secondary N) is 2. The highest BCUT2D eigenvalue weighted by Crippen LogP contribution is 2.24. The molecule has 0 saturated heterocycles. The molecule has 24 heavy (non-hydrogen) atoms. The summed E-state index contributed by atoms with van der Waals surface area (Å²) in [7, 11) is 0. The normalized spacial score (nSPS) is 12.1. The summed E-state index contributed by atoms with van der Waals surface area (Å²) in [6.07, 6.45) is -0.900. The van der Waals surface area contributed by atoms with Crippen molar-refractivity contribution in [3.63, 3.8) is 0 Å². The van der Waals surface area contributed by atoms with Crippen molar-refractivity contribution in [3.8, 4) is 0 Å². The van der Waals surface area contributed by atoms with Gasteiger partial charge in [0.25, 0.3) is 0 Å². The van der Waals surface area contributed by atoms with Crippen LogP contribution in [0.25, 0.3) is 10.2 Å². The molecular weight excluding hydrogens is 329 g/mol. The molecule has 124 valence electrons. The SMILES string of the molecule is Cc1nc2ccc(NC(=O)NCC(O)c3ccc(F)cc3)cc2s1. The monoisotopic (exact) mass is 345 g/mol. The molecule has 0 spiro atoms. The molecule has 7 heteroatoms. The molecule has 5 nitrogen and oxygen atoms in total. The molecule has 2 aromatic carbocycles. The highest BCUT2D eigenvalue weighted by Gasteiger charge is 2.10. The number of hydrogen-bond donors (Lipinski definition) is 3. The third-order valence-electron chi connectivity index (χ3n) is 3.46. The van der Waals surface area contributed by atoms with Gasteiger partial charge in [0.2, 0.25) is 0 Å². The van der Waals surface area contributed by atoms with Gasteiger partial charge in [-0.2, -0.15) is 0 Å². The van der Waals surface area contributed by atoms with E-state index >= 15 is 0 Å². The summed E-state index contributed by atoms with van der Waals surface area (Å²) < 4.78 is 13.9. The molecule has 3 aromatic rings.